The van der Waals surface area contributed by atoms with Crippen LogP contribution in [0.4, 0.5) is 0 Å². The van der Waals surface area contributed by atoms with Gasteiger partial charge in [-0.3, -0.25) is 13.8 Å². The zero-order chi connectivity index (χ0) is 15.1. The molecule has 0 radical (unpaired) electrons. The van der Waals surface area contributed by atoms with Crippen molar-refractivity contribution in [3.8, 4) is 0 Å². The Labute approximate surface area is 116 Å². The highest BCUT2D eigenvalue weighted by atomic mass is 32.2. The van der Waals surface area contributed by atoms with E-state index in [-0.39, 0.29) is 31.7 Å². The first-order valence-corrected chi connectivity index (χ1v) is 7.21. The number of rotatable bonds is 9. The number of carbonyl (C=O) groups is 2. The molecule has 0 aromatic rings. The Kier molecular flexibility index (Phi) is 16.4. The summed E-state index contributed by atoms with van der Waals surface area (Å²) in [6.07, 6.45) is 2.36. The molecule has 0 fully saturated rings. The molecule has 0 aromatic carbocycles. The quantitative estimate of drug-likeness (QED) is 0.476. The van der Waals surface area contributed by atoms with Crippen molar-refractivity contribution in [1.82, 2.24) is 5.32 Å². The molecule has 1 atom stereocenters. The lowest BCUT2D eigenvalue weighted by atomic mass is 10.5. The number of hydrogen-bond donors (Lipinski definition) is 1. The molecule has 19 heavy (non-hydrogen) atoms. The molecule has 1 unspecified atom stereocenters. The predicted molar refractivity (Wildman–Crippen MR) is 71.8 cm³/mol. The molecule has 0 rings (SSSR count). The zero-order valence-corrected chi connectivity index (χ0v) is 12.7. The standard InChI is InChI=1S/C6H12O5S.C5H11NO/c1-9-5-10-3-6(7)4-11-12(2)8;1-3-4-6-5(2)7/h3-5H2,1-2H3;3-4H2,1-2H3,(H,6,7). The number of hydrogen-bond acceptors (Lipinski definition) is 6. The molecule has 8 heteroatoms. The van der Waals surface area contributed by atoms with Crippen LogP contribution < -0.4 is 5.32 Å². The number of Topliss-reactive ketones (excluding diaryl/α,β-unsaturated/α-hetero) is 1. The van der Waals surface area contributed by atoms with E-state index in [4.69, 9.17) is 4.74 Å². The summed E-state index contributed by atoms with van der Waals surface area (Å²) in [5, 5.41) is 2.66. The summed E-state index contributed by atoms with van der Waals surface area (Å²) in [5.41, 5.74) is 0. The van der Waals surface area contributed by atoms with Gasteiger partial charge >= 0.3 is 0 Å². The Morgan fingerprint density at radius 3 is 2.26 bits per heavy atom. The minimum atomic E-state index is -1.40. The molecule has 0 aromatic heterocycles. The largest absolute Gasteiger partial charge is 0.359 e. The van der Waals surface area contributed by atoms with Gasteiger partial charge in [-0.05, 0) is 6.42 Å². The average molecular weight is 297 g/mol. The molecule has 0 saturated carbocycles. The van der Waals surface area contributed by atoms with Crippen molar-refractivity contribution in [3.05, 3.63) is 0 Å². The number of carbonyl (C=O) groups excluding carboxylic acids is 2. The lowest BCUT2D eigenvalue weighted by molar-refractivity contribution is -0.130. The molecular weight excluding hydrogens is 274 g/mol. The first-order chi connectivity index (χ1) is 8.93. The van der Waals surface area contributed by atoms with E-state index in [0.29, 0.717) is 0 Å². The van der Waals surface area contributed by atoms with Gasteiger partial charge in [0.2, 0.25) is 5.91 Å². The van der Waals surface area contributed by atoms with Crippen molar-refractivity contribution in [2.24, 2.45) is 0 Å². The fourth-order valence-corrected chi connectivity index (χ4v) is 1.03. The maximum Gasteiger partial charge on any atom is 0.216 e. The Balaban J connectivity index is 0. The number of nitrogens with one attached hydrogen (secondary N) is 1. The number of ether oxygens (including phenoxy) is 2. The highest BCUT2D eigenvalue weighted by Crippen LogP contribution is 1.83. The van der Waals surface area contributed by atoms with Crippen LogP contribution in [0.5, 0.6) is 0 Å². The fourth-order valence-electron chi connectivity index (χ4n) is 0.730. The predicted octanol–water partition coefficient (Wildman–Crippen LogP) is 0.0186. The summed E-state index contributed by atoms with van der Waals surface area (Å²) >= 11 is -1.40. The van der Waals surface area contributed by atoms with Gasteiger partial charge in [-0.2, -0.15) is 0 Å². The molecule has 0 aliphatic rings. The first kappa shape index (κ1) is 20.5. The molecule has 7 nitrogen and oxygen atoms in total. The second kappa shape index (κ2) is 15.2. The third kappa shape index (κ3) is 22.8. The second-order valence-electron chi connectivity index (χ2n) is 3.44. The number of amides is 1. The van der Waals surface area contributed by atoms with Gasteiger partial charge in [0.05, 0.1) is 0 Å². The van der Waals surface area contributed by atoms with Crippen molar-refractivity contribution in [2.75, 3.05) is 39.9 Å². The summed E-state index contributed by atoms with van der Waals surface area (Å²) < 4.78 is 24.2. The molecule has 114 valence electrons. The van der Waals surface area contributed by atoms with Crippen molar-refractivity contribution >= 4 is 22.8 Å². The third-order valence-electron chi connectivity index (χ3n) is 1.47. The summed E-state index contributed by atoms with van der Waals surface area (Å²) in [6, 6.07) is 0. The number of ketones is 1. The van der Waals surface area contributed by atoms with E-state index in [1.54, 1.807) is 0 Å². The Bertz CT molecular complexity index is 272. The van der Waals surface area contributed by atoms with Crippen LogP contribution in [0.15, 0.2) is 0 Å². The van der Waals surface area contributed by atoms with Gasteiger partial charge in [0, 0.05) is 26.8 Å². The maximum atomic E-state index is 10.8. The molecular formula is C11H23NO6S. The molecule has 0 aliphatic heterocycles. The van der Waals surface area contributed by atoms with Gasteiger partial charge in [-0.15, -0.1) is 0 Å². The molecule has 0 aliphatic carbocycles. The van der Waals surface area contributed by atoms with Crippen molar-refractivity contribution < 1.29 is 27.5 Å². The second-order valence-corrected chi connectivity index (χ2v) is 4.48. The highest BCUT2D eigenvalue weighted by molar-refractivity contribution is 7.79. The van der Waals surface area contributed by atoms with Crippen LogP contribution >= 0.6 is 0 Å². The van der Waals surface area contributed by atoms with Crippen molar-refractivity contribution in [1.29, 1.82) is 0 Å². The van der Waals surface area contributed by atoms with E-state index in [2.05, 4.69) is 14.2 Å². The van der Waals surface area contributed by atoms with Gasteiger partial charge in [0.25, 0.3) is 0 Å². The topological polar surface area (TPSA) is 90.9 Å². The average Bonchev–Trinajstić information content (AvgIpc) is 2.35. The van der Waals surface area contributed by atoms with Gasteiger partial charge in [-0.25, -0.2) is 4.21 Å². The lowest BCUT2D eigenvalue weighted by Gasteiger charge is -2.01. The van der Waals surface area contributed by atoms with Gasteiger partial charge < -0.3 is 14.8 Å². The van der Waals surface area contributed by atoms with Gasteiger partial charge in [0.15, 0.2) is 16.9 Å². The van der Waals surface area contributed by atoms with E-state index >= 15 is 0 Å². The van der Waals surface area contributed by atoms with Crippen molar-refractivity contribution in [2.45, 2.75) is 20.3 Å². The summed E-state index contributed by atoms with van der Waals surface area (Å²) in [6.45, 7) is 4.15. The normalized spacial score (nSPS) is 11.2. The molecule has 0 bridgehead atoms. The summed E-state index contributed by atoms with van der Waals surface area (Å²) in [4.78, 5) is 20.9. The van der Waals surface area contributed by atoms with Crippen LogP contribution in [0, 0.1) is 0 Å². The summed E-state index contributed by atoms with van der Waals surface area (Å²) in [5.74, 6) is -0.205. The zero-order valence-electron chi connectivity index (χ0n) is 11.9. The first-order valence-electron chi connectivity index (χ1n) is 5.73. The maximum absolute atomic E-state index is 10.8. The van der Waals surface area contributed by atoms with Crippen LogP contribution in [0.25, 0.3) is 0 Å². The van der Waals surface area contributed by atoms with Crippen LogP contribution in [0.2, 0.25) is 0 Å². The van der Waals surface area contributed by atoms with E-state index in [0.717, 1.165) is 13.0 Å². The molecule has 0 heterocycles. The minimum absolute atomic E-state index is 0.0573. The lowest BCUT2D eigenvalue weighted by Crippen LogP contribution is -2.19. The van der Waals surface area contributed by atoms with Crippen molar-refractivity contribution in [3.63, 3.8) is 0 Å². The molecule has 1 N–H and O–H groups in total. The highest BCUT2D eigenvalue weighted by Gasteiger charge is 2.02. The van der Waals surface area contributed by atoms with E-state index < -0.39 is 11.1 Å². The minimum Gasteiger partial charge on any atom is -0.359 e. The monoisotopic (exact) mass is 297 g/mol. The Morgan fingerprint density at radius 1 is 1.26 bits per heavy atom. The van der Waals surface area contributed by atoms with E-state index in [1.165, 1.54) is 20.3 Å². The van der Waals surface area contributed by atoms with Gasteiger partial charge in [-0.1, -0.05) is 6.92 Å². The van der Waals surface area contributed by atoms with E-state index in [9.17, 15) is 13.8 Å². The van der Waals surface area contributed by atoms with Crippen LogP contribution in [-0.2, 0) is 34.3 Å². The van der Waals surface area contributed by atoms with Crippen LogP contribution in [0.3, 0.4) is 0 Å². The van der Waals surface area contributed by atoms with E-state index in [1.807, 2.05) is 6.92 Å². The third-order valence-corrected chi connectivity index (χ3v) is 1.92. The Hall–Kier alpha value is -0.830. The molecule has 1 amide bonds. The number of methoxy groups -OCH3 is 1. The van der Waals surface area contributed by atoms with Crippen LogP contribution in [0.1, 0.15) is 20.3 Å². The summed E-state index contributed by atoms with van der Waals surface area (Å²) in [7, 11) is 1.46. The van der Waals surface area contributed by atoms with Gasteiger partial charge in [0.1, 0.15) is 20.0 Å². The SMILES string of the molecule is CCCNC(C)=O.COCOCC(=O)COS(C)=O. The smallest absolute Gasteiger partial charge is 0.216 e. The Morgan fingerprint density at radius 2 is 1.89 bits per heavy atom. The van der Waals surface area contributed by atoms with Crippen LogP contribution in [-0.4, -0.2) is 55.8 Å². The molecule has 0 spiro atoms. The molecule has 0 saturated heterocycles. The fraction of sp³-hybridized carbons (Fsp3) is 0.818.